The van der Waals surface area contributed by atoms with Gasteiger partial charge in [-0.25, -0.2) is 4.98 Å². The zero-order chi connectivity index (χ0) is 17.1. The summed E-state index contributed by atoms with van der Waals surface area (Å²) in [7, 11) is 0. The topological polar surface area (TPSA) is 68.0 Å². The maximum absolute atomic E-state index is 12.3. The second-order valence-electron chi connectivity index (χ2n) is 5.72. The van der Waals surface area contributed by atoms with Gasteiger partial charge in [-0.2, -0.15) is 0 Å². The summed E-state index contributed by atoms with van der Waals surface area (Å²) in [6.45, 7) is 5.77. The number of amides is 1. The maximum Gasteiger partial charge on any atom is 0.226 e. The van der Waals surface area contributed by atoms with Crippen molar-refractivity contribution in [3.63, 3.8) is 0 Å². The lowest BCUT2D eigenvalue weighted by Gasteiger charge is -2.12. The van der Waals surface area contributed by atoms with Gasteiger partial charge < -0.3 is 9.73 Å². The summed E-state index contributed by atoms with van der Waals surface area (Å²) in [6, 6.07) is 5.71. The van der Waals surface area contributed by atoms with E-state index in [4.69, 9.17) is 4.42 Å². The summed E-state index contributed by atoms with van der Waals surface area (Å²) in [5.74, 6) is 1.64. The molecule has 3 aromatic rings. The normalized spacial score (nSPS) is 12.1. The number of aromatic nitrogens is 2. The van der Waals surface area contributed by atoms with E-state index < -0.39 is 0 Å². The molecule has 6 heteroatoms. The van der Waals surface area contributed by atoms with Crippen LogP contribution in [0.1, 0.15) is 35.7 Å². The largest absolute Gasteiger partial charge is 0.466 e. The van der Waals surface area contributed by atoms with Crippen LogP contribution in [0.3, 0.4) is 0 Å². The molecule has 1 N–H and O–H groups in total. The van der Waals surface area contributed by atoms with Gasteiger partial charge in [0, 0.05) is 28.9 Å². The second kappa shape index (κ2) is 6.97. The fourth-order valence-electron chi connectivity index (χ4n) is 2.63. The molecule has 0 fully saturated rings. The highest BCUT2D eigenvalue weighted by Crippen LogP contribution is 2.24. The second-order valence-corrected chi connectivity index (χ2v) is 6.58. The minimum atomic E-state index is -0.0913. The Morgan fingerprint density at radius 1 is 1.42 bits per heavy atom. The van der Waals surface area contributed by atoms with Crippen molar-refractivity contribution in [3.05, 3.63) is 58.8 Å². The minimum Gasteiger partial charge on any atom is -0.466 e. The molecular weight excluding hydrogens is 322 g/mol. The predicted octanol–water partition coefficient (Wildman–Crippen LogP) is 3.83. The number of thiazole rings is 1. The molecule has 3 rings (SSSR count). The number of hydrogen-bond acceptors (Lipinski definition) is 5. The molecule has 0 unspecified atom stereocenters. The lowest BCUT2D eigenvalue weighted by Crippen LogP contribution is -2.28. The van der Waals surface area contributed by atoms with Crippen LogP contribution in [0, 0.1) is 13.8 Å². The molecule has 0 aromatic carbocycles. The molecule has 0 aliphatic carbocycles. The fraction of sp³-hybridized carbons (Fsp3) is 0.278. The molecule has 0 spiro atoms. The Labute approximate surface area is 144 Å². The van der Waals surface area contributed by atoms with Crippen LogP contribution in [0.5, 0.6) is 0 Å². The van der Waals surface area contributed by atoms with Crippen molar-refractivity contribution in [2.45, 2.75) is 33.2 Å². The number of carbonyl (C=O) groups is 1. The minimum absolute atomic E-state index is 0.0520. The number of nitrogens with one attached hydrogen (secondary N) is 1. The highest BCUT2D eigenvalue weighted by molar-refractivity contribution is 7.13. The lowest BCUT2D eigenvalue weighted by molar-refractivity contribution is -0.121. The Balaban J connectivity index is 1.63. The van der Waals surface area contributed by atoms with E-state index in [1.807, 2.05) is 44.4 Å². The summed E-state index contributed by atoms with van der Waals surface area (Å²) < 4.78 is 5.52. The monoisotopic (exact) mass is 341 g/mol. The Kier molecular flexibility index (Phi) is 4.76. The third kappa shape index (κ3) is 3.71. The molecule has 0 aliphatic rings. The van der Waals surface area contributed by atoms with Gasteiger partial charge in [0.2, 0.25) is 5.91 Å². The van der Waals surface area contributed by atoms with Crippen LogP contribution in [0.25, 0.3) is 10.6 Å². The molecule has 1 atom stereocenters. The van der Waals surface area contributed by atoms with E-state index in [2.05, 4.69) is 15.3 Å². The van der Waals surface area contributed by atoms with Crippen molar-refractivity contribution in [2.24, 2.45) is 0 Å². The van der Waals surface area contributed by atoms with Gasteiger partial charge in [0.1, 0.15) is 16.5 Å². The number of nitrogens with zero attached hydrogens (tertiary/aromatic N) is 2. The van der Waals surface area contributed by atoms with Gasteiger partial charge in [0.05, 0.1) is 18.2 Å². The van der Waals surface area contributed by atoms with Gasteiger partial charge in [-0.1, -0.05) is 0 Å². The first kappa shape index (κ1) is 16.4. The Morgan fingerprint density at radius 3 is 2.92 bits per heavy atom. The molecule has 1 amide bonds. The number of aryl methyl sites for hydroxylation is 2. The quantitative estimate of drug-likeness (QED) is 0.766. The molecule has 3 aromatic heterocycles. The van der Waals surface area contributed by atoms with E-state index in [1.54, 1.807) is 12.4 Å². The van der Waals surface area contributed by atoms with Crippen LogP contribution < -0.4 is 5.32 Å². The molecule has 0 saturated carbocycles. The van der Waals surface area contributed by atoms with E-state index in [0.29, 0.717) is 0 Å². The van der Waals surface area contributed by atoms with Crippen molar-refractivity contribution in [3.8, 4) is 10.6 Å². The standard InChI is InChI=1S/C18H19N3O2S/c1-11-7-16(13(3)23-11)12(2)20-17(22)8-15-10-24-18(21-15)14-5-4-6-19-9-14/h4-7,9-10,12H,8H2,1-3H3,(H,20,22)/t12-/m0/s1. The zero-order valence-electron chi connectivity index (χ0n) is 13.9. The van der Waals surface area contributed by atoms with Crippen molar-refractivity contribution < 1.29 is 9.21 Å². The van der Waals surface area contributed by atoms with Crippen LogP contribution in [-0.4, -0.2) is 15.9 Å². The number of carbonyl (C=O) groups excluding carboxylic acids is 1. The maximum atomic E-state index is 12.3. The van der Waals surface area contributed by atoms with Crippen molar-refractivity contribution in [2.75, 3.05) is 0 Å². The number of rotatable bonds is 5. The Bertz CT molecular complexity index is 839. The molecule has 3 heterocycles. The Morgan fingerprint density at radius 2 is 2.25 bits per heavy atom. The van der Waals surface area contributed by atoms with Gasteiger partial charge >= 0.3 is 0 Å². The van der Waals surface area contributed by atoms with Crippen LogP contribution in [0.15, 0.2) is 40.4 Å². The van der Waals surface area contributed by atoms with Crippen molar-refractivity contribution in [1.29, 1.82) is 0 Å². The molecule has 24 heavy (non-hydrogen) atoms. The van der Waals surface area contributed by atoms with E-state index in [-0.39, 0.29) is 18.4 Å². The SMILES string of the molecule is Cc1cc([C@H](C)NC(=O)Cc2csc(-c3cccnc3)n2)c(C)o1. The lowest BCUT2D eigenvalue weighted by atomic mass is 10.1. The smallest absolute Gasteiger partial charge is 0.226 e. The highest BCUT2D eigenvalue weighted by Gasteiger charge is 2.16. The molecular formula is C18H19N3O2S. The van der Waals surface area contributed by atoms with E-state index in [0.717, 1.165) is 33.3 Å². The van der Waals surface area contributed by atoms with E-state index in [1.165, 1.54) is 11.3 Å². The average molecular weight is 341 g/mol. The predicted molar refractivity (Wildman–Crippen MR) is 93.8 cm³/mol. The first-order valence-corrected chi connectivity index (χ1v) is 8.62. The number of pyridine rings is 1. The molecule has 124 valence electrons. The zero-order valence-corrected chi connectivity index (χ0v) is 14.7. The van der Waals surface area contributed by atoms with E-state index >= 15 is 0 Å². The highest BCUT2D eigenvalue weighted by atomic mass is 32.1. The van der Waals surface area contributed by atoms with Crippen molar-refractivity contribution in [1.82, 2.24) is 15.3 Å². The van der Waals surface area contributed by atoms with Gasteiger partial charge in [0.15, 0.2) is 0 Å². The molecule has 0 aliphatic heterocycles. The molecule has 0 bridgehead atoms. The Hall–Kier alpha value is -2.47. The summed E-state index contributed by atoms with van der Waals surface area (Å²) >= 11 is 1.52. The van der Waals surface area contributed by atoms with E-state index in [9.17, 15) is 4.79 Å². The van der Waals surface area contributed by atoms with Crippen molar-refractivity contribution >= 4 is 17.2 Å². The first-order chi connectivity index (χ1) is 11.5. The fourth-order valence-corrected chi connectivity index (χ4v) is 3.44. The summed E-state index contributed by atoms with van der Waals surface area (Å²) in [5, 5.41) is 5.79. The van der Waals surface area contributed by atoms with Gasteiger partial charge in [-0.05, 0) is 39.0 Å². The number of hydrogen-bond donors (Lipinski definition) is 1. The third-order valence-electron chi connectivity index (χ3n) is 3.73. The summed E-state index contributed by atoms with van der Waals surface area (Å²) in [4.78, 5) is 20.9. The third-order valence-corrected chi connectivity index (χ3v) is 4.67. The van der Waals surface area contributed by atoms with Gasteiger partial charge in [-0.3, -0.25) is 9.78 Å². The summed E-state index contributed by atoms with van der Waals surface area (Å²) in [5.41, 5.74) is 2.74. The van der Waals surface area contributed by atoms with Crippen LogP contribution >= 0.6 is 11.3 Å². The average Bonchev–Trinajstić information content (AvgIpc) is 3.14. The summed E-state index contributed by atoms with van der Waals surface area (Å²) in [6.07, 6.45) is 3.76. The van der Waals surface area contributed by atoms with Gasteiger partial charge in [0.25, 0.3) is 0 Å². The van der Waals surface area contributed by atoms with Crippen LogP contribution in [-0.2, 0) is 11.2 Å². The number of furan rings is 1. The van der Waals surface area contributed by atoms with Crippen LogP contribution in [0.2, 0.25) is 0 Å². The van der Waals surface area contributed by atoms with Gasteiger partial charge in [-0.15, -0.1) is 11.3 Å². The van der Waals surface area contributed by atoms with Crippen LogP contribution in [0.4, 0.5) is 0 Å². The molecule has 5 nitrogen and oxygen atoms in total. The first-order valence-electron chi connectivity index (χ1n) is 7.74. The molecule has 0 saturated heterocycles. The molecule has 0 radical (unpaired) electrons.